The molecule has 0 unspecified atom stereocenters. The van der Waals surface area contributed by atoms with Crippen LogP contribution in [0, 0.1) is 0 Å². The van der Waals surface area contributed by atoms with Crippen molar-refractivity contribution in [2.75, 3.05) is 6.54 Å². The van der Waals surface area contributed by atoms with Crippen molar-refractivity contribution in [2.24, 2.45) is 0 Å². The monoisotopic (exact) mass is 385 g/mol. The van der Waals surface area contributed by atoms with Crippen LogP contribution < -0.4 is 10.6 Å². The lowest BCUT2D eigenvalue weighted by Gasteiger charge is -2.22. The van der Waals surface area contributed by atoms with Crippen LogP contribution in [0.4, 0.5) is 4.79 Å². The topological polar surface area (TPSA) is 78.5 Å². The first kappa shape index (κ1) is 18.9. The lowest BCUT2D eigenvalue weighted by Crippen LogP contribution is -2.43. The zero-order valence-electron chi connectivity index (χ0n) is 15.0. The second kappa shape index (κ2) is 7.40. The van der Waals surface area contributed by atoms with Gasteiger partial charge in [0.2, 0.25) is 5.91 Å². The normalized spacial score (nSPS) is 20.3. The molecule has 2 aromatic rings. The van der Waals surface area contributed by atoms with Crippen molar-refractivity contribution in [3.8, 4) is 0 Å². The van der Waals surface area contributed by atoms with E-state index in [4.69, 9.17) is 11.6 Å². The van der Waals surface area contributed by atoms with Gasteiger partial charge in [-0.3, -0.25) is 14.5 Å². The number of imide groups is 1. The van der Waals surface area contributed by atoms with Crippen LogP contribution in [-0.4, -0.2) is 29.3 Å². The molecular weight excluding hydrogens is 366 g/mol. The molecule has 1 saturated heterocycles. The molecule has 1 aliphatic rings. The van der Waals surface area contributed by atoms with Gasteiger partial charge in [0.05, 0.1) is 6.04 Å². The molecule has 0 bridgehead atoms. The molecule has 1 aliphatic heterocycles. The smallest absolute Gasteiger partial charge is 0.325 e. The molecule has 0 aromatic heterocycles. The highest BCUT2D eigenvalue weighted by Crippen LogP contribution is 2.28. The molecule has 2 aromatic carbocycles. The largest absolute Gasteiger partial charge is 0.348 e. The fourth-order valence-electron chi connectivity index (χ4n) is 3.10. The van der Waals surface area contributed by atoms with E-state index >= 15 is 0 Å². The molecule has 2 N–H and O–H groups in total. The van der Waals surface area contributed by atoms with E-state index in [2.05, 4.69) is 10.6 Å². The summed E-state index contributed by atoms with van der Waals surface area (Å²) in [6.07, 6.45) is 0. The number of urea groups is 1. The standard InChI is InChI=1S/C20H20ClN3O3/c1-13(14-7-6-10-16(21)11-14)22-17(25)12-24-18(26)20(2,23-19(24)27)15-8-4-3-5-9-15/h3-11,13H,12H2,1-2H3,(H,22,25)(H,23,27)/t13-,20-/m1/s1. The first-order valence-electron chi connectivity index (χ1n) is 8.56. The highest BCUT2D eigenvalue weighted by atomic mass is 35.5. The van der Waals surface area contributed by atoms with Crippen LogP contribution >= 0.6 is 11.6 Å². The van der Waals surface area contributed by atoms with Gasteiger partial charge in [0.15, 0.2) is 0 Å². The number of rotatable bonds is 5. The minimum atomic E-state index is -1.18. The highest BCUT2D eigenvalue weighted by molar-refractivity contribution is 6.30. The molecule has 0 radical (unpaired) electrons. The summed E-state index contributed by atoms with van der Waals surface area (Å²) in [7, 11) is 0. The van der Waals surface area contributed by atoms with Crippen molar-refractivity contribution in [1.82, 2.24) is 15.5 Å². The van der Waals surface area contributed by atoms with E-state index in [1.165, 1.54) is 0 Å². The van der Waals surface area contributed by atoms with Gasteiger partial charge in [-0.25, -0.2) is 4.79 Å². The summed E-state index contributed by atoms with van der Waals surface area (Å²) in [5, 5.41) is 6.04. The van der Waals surface area contributed by atoms with Gasteiger partial charge in [-0.15, -0.1) is 0 Å². The fraction of sp³-hybridized carbons (Fsp3) is 0.250. The van der Waals surface area contributed by atoms with Gasteiger partial charge < -0.3 is 10.6 Å². The molecule has 7 heteroatoms. The van der Waals surface area contributed by atoms with E-state index in [1.807, 2.05) is 19.1 Å². The Morgan fingerprint density at radius 2 is 1.89 bits per heavy atom. The van der Waals surface area contributed by atoms with Crippen molar-refractivity contribution in [3.63, 3.8) is 0 Å². The van der Waals surface area contributed by atoms with Gasteiger partial charge >= 0.3 is 6.03 Å². The van der Waals surface area contributed by atoms with E-state index in [0.717, 1.165) is 10.5 Å². The summed E-state index contributed by atoms with van der Waals surface area (Å²) in [5.74, 6) is -0.882. The average molecular weight is 386 g/mol. The van der Waals surface area contributed by atoms with Crippen molar-refractivity contribution in [1.29, 1.82) is 0 Å². The quantitative estimate of drug-likeness (QED) is 0.776. The number of halogens is 1. The molecule has 0 saturated carbocycles. The lowest BCUT2D eigenvalue weighted by molar-refractivity contribution is -0.135. The van der Waals surface area contributed by atoms with Crippen LogP contribution in [0.15, 0.2) is 54.6 Å². The first-order valence-corrected chi connectivity index (χ1v) is 8.93. The second-order valence-electron chi connectivity index (χ2n) is 6.66. The van der Waals surface area contributed by atoms with Gasteiger partial charge in [0, 0.05) is 5.02 Å². The average Bonchev–Trinajstić information content (AvgIpc) is 2.86. The van der Waals surface area contributed by atoms with E-state index < -0.39 is 23.4 Å². The number of amides is 4. The molecule has 27 heavy (non-hydrogen) atoms. The summed E-state index contributed by atoms with van der Waals surface area (Å²) in [5.41, 5.74) is 0.317. The lowest BCUT2D eigenvalue weighted by atomic mass is 9.92. The number of benzene rings is 2. The van der Waals surface area contributed by atoms with Gasteiger partial charge in [-0.1, -0.05) is 54.1 Å². The van der Waals surface area contributed by atoms with E-state index in [-0.39, 0.29) is 12.6 Å². The fourth-order valence-corrected chi connectivity index (χ4v) is 3.30. The molecule has 1 heterocycles. The van der Waals surface area contributed by atoms with E-state index in [9.17, 15) is 14.4 Å². The summed E-state index contributed by atoms with van der Waals surface area (Å²) >= 11 is 5.97. The minimum Gasteiger partial charge on any atom is -0.348 e. The van der Waals surface area contributed by atoms with Crippen LogP contribution in [0.3, 0.4) is 0 Å². The maximum absolute atomic E-state index is 12.8. The number of nitrogens with one attached hydrogen (secondary N) is 2. The Labute approximate surface area is 162 Å². The number of carbonyl (C=O) groups is 3. The third kappa shape index (κ3) is 3.80. The molecule has 1 fully saturated rings. The third-order valence-electron chi connectivity index (χ3n) is 4.65. The molecule has 2 atom stereocenters. The van der Waals surface area contributed by atoms with Crippen LogP contribution in [0.5, 0.6) is 0 Å². The number of hydrogen-bond donors (Lipinski definition) is 2. The van der Waals surface area contributed by atoms with Gasteiger partial charge in [-0.05, 0) is 37.1 Å². The van der Waals surface area contributed by atoms with Crippen molar-refractivity contribution in [3.05, 3.63) is 70.7 Å². The minimum absolute atomic E-state index is 0.308. The van der Waals surface area contributed by atoms with Gasteiger partial charge in [0.1, 0.15) is 12.1 Å². The maximum atomic E-state index is 12.8. The van der Waals surface area contributed by atoms with Crippen molar-refractivity contribution < 1.29 is 14.4 Å². The number of hydrogen-bond acceptors (Lipinski definition) is 3. The predicted octanol–water partition coefficient (Wildman–Crippen LogP) is 2.98. The maximum Gasteiger partial charge on any atom is 0.325 e. The van der Waals surface area contributed by atoms with Crippen molar-refractivity contribution in [2.45, 2.75) is 25.4 Å². The summed E-state index contributed by atoms with van der Waals surface area (Å²) < 4.78 is 0. The van der Waals surface area contributed by atoms with Crippen LogP contribution in [0.2, 0.25) is 5.02 Å². The van der Waals surface area contributed by atoms with E-state index in [0.29, 0.717) is 10.6 Å². The summed E-state index contributed by atoms with van der Waals surface area (Å²) in [4.78, 5) is 38.5. The van der Waals surface area contributed by atoms with Crippen LogP contribution in [-0.2, 0) is 15.1 Å². The Kier molecular flexibility index (Phi) is 5.19. The third-order valence-corrected chi connectivity index (χ3v) is 4.89. The van der Waals surface area contributed by atoms with E-state index in [1.54, 1.807) is 49.4 Å². The Balaban J connectivity index is 1.69. The number of nitrogens with zero attached hydrogens (tertiary/aromatic N) is 1. The molecular formula is C20H20ClN3O3. The summed E-state index contributed by atoms with van der Waals surface area (Å²) in [6, 6.07) is 15.2. The van der Waals surface area contributed by atoms with Crippen LogP contribution in [0.1, 0.15) is 31.0 Å². The van der Waals surface area contributed by atoms with Crippen LogP contribution in [0.25, 0.3) is 0 Å². The Bertz CT molecular complexity index is 887. The second-order valence-corrected chi connectivity index (χ2v) is 7.09. The zero-order valence-corrected chi connectivity index (χ0v) is 15.8. The molecule has 0 spiro atoms. The Hall–Kier alpha value is -2.86. The molecule has 6 nitrogen and oxygen atoms in total. The predicted molar refractivity (Wildman–Crippen MR) is 102 cm³/mol. The van der Waals surface area contributed by atoms with Gasteiger partial charge in [0.25, 0.3) is 5.91 Å². The SMILES string of the molecule is C[C@@H](NC(=O)CN1C(=O)N[C@](C)(c2ccccc2)C1=O)c1cccc(Cl)c1. The van der Waals surface area contributed by atoms with Gasteiger partial charge in [-0.2, -0.15) is 0 Å². The first-order chi connectivity index (χ1) is 12.8. The summed E-state index contributed by atoms with van der Waals surface area (Å²) in [6.45, 7) is 3.09. The Morgan fingerprint density at radius 1 is 1.19 bits per heavy atom. The molecule has 140 valence electrons. The molecule has 0 aliphatic carbocycles. The number of carbonyl (C=O) groups excluding carboxylic acids is 3. The zero-order chi connectivity index (χ0) is 19.6. The molecule has 3 rings (SSSR count). The highest BCUT2D eigenvalue weighted by Gasteiger charge is 2.49. The van der Waals surface area contributed by atoms with Crippen molar-refractivity contribution >= 4 is 29.4 Å². The molecule has 4 amide bonds. The Morgan fingerprint density at radius 3 is 2.56 bits per heavy atom.